The molecule has 0 unspecified atom stereocenters. The lowest BCUT2D eigenvalue weighted by atomic mass is 10.3. The molecule has 1 aromatic rings. The third-order valence-corrected chi connectivity index (χ3v) is 3.08. The third-order valence-electron chi connectivity index (χ3n) is 1.93. The van der Waals surface area contributed by atoms with Crippen molar-refractivity contribution in [2.24, 2.45) is 10.3 Å². The number of carboxylic acids is 1. The molecular weight excluding hydrogens is 258 g/mol. The van der Waals surface area contributed by atoms with E-state index in [1.54, 1.807) is 12.1 Å². The Morgan fingerprint density at radius 1 is 1.39 bits per heavy atom. The highest BCUT2D eigenvalue weighted by Gasteiger charge is 2.12. The molecule has 1 N–H and O–H groups in total. The number of sulfone groups is 1. The van der Waals surface area contributed by atoms with Crippen molar-refractivity contribution >= 4 is 21.5 Å². The second-order valence-corrected chi connectivity index (χ2v) is 5.62. The summed E-state index contributed by atoms with van der Waals surface area (Å²) in [4.78, 5) is 10.5. The third kappa shape index (κ3) is 4.13. The first-order valence-electron chi connectivity index (χ1n) is 4.94. The number of benzene rings is 1. The molecule has 0 atom stereocenters. The molecule has 0 aromatic heterocycles. The van der Waals surface area contributed by atoms with Gasteiger partial charge in [-0.3, -0.25) is 9.80 Å². The summed E-state index contributed by atoms with van der Waals surface area (Å²) in [5.41, 5.74) is 0.178. The predicted molar refractivity (Wildman–Crippen MR) is 64.3 cm³/mol. The molecule has 0 amide bonds. The molecule has 7 nitrogen and oxygen atoms in total. The molecule has 0 fully saturated rings. The van der Waals surface area contributed by atoms with E-state index in [9.17, 15) is 13.2 Å². The largest absolute Gasteiger partial charge is 0.480 e. The fourth-order valence-corrected chi connectivity index (χ4v) is 2.02. The quantitative estimate of drug-likeness (QED) is 0.638. The Labute approximate surface area is 105 Å². The molecule has 0 spiro atoms. The normalized spacial score (nSPS) is 11.7. The van der Waals surface area contributed by atoms with Crippen LogP contribution in [0.4, 0.5) is 5.69 Å². The summed E-state index contributed by atoms with van der Waals surface area (Å²) in [6.07, 6.45) is 1.07. The minimum Gasteiger partial charge on any atom is -0.480 e. The highest BCUT2D eigenvalue weighted by atomic mass is 32.2. The van der Waals surface area contributed by atoms with E-state index >= 15 is 0 Å². The first-order chi connectivity index (χ1) is 8.30. The summed E-state index contributed by atoms with van der Waals surface area (Å²) in [6.45, 7) is -0.315. The van der Waals surface area contributed by atoms with Crippen LogP contribution in [0.15, 0.2) is 39.5 Å². The molecule has 8 heteroatoms. The van der Waals surface area contributed by atoms with Crippen LogP contribution in [0.3, 0.4) is 0 Å². The molecule has 0 aliphatic heterocycles. The number of nitrogens with zero attached hydrogens (tertiary/aromatic N) is 3. The van der Waals surface area contributed by atoms with Gasteiger partial charge in [0.05, 0.1) is 4.90 Å². The average Bonchev–Trinajstić information content (AvgIpc) is 2.24. The van der Waals surface area contributed by atoms with E-state index in [0.29, 0.717) is 0 Å². The minimum absolute atomic E-state index is 0.0532. The van der Waals surface area contributed by atoms with Crippen molar-refractivity contribution in [3.63, 3.8) is 0 Å². The number of hydrogen-bond acceptors (Lipinski definition) is 5. The van der Waals surface area contributed by atoms with E-state index in [1.165, 1.54) is 19.2 Å². The van der Waals surface area contributed by atoms with E-state index in [1.807, 2.05) is 0 Å². The zero-order chi connectivity index (χ0) is 13.8. The number of carboxylic acid groups (broad SMARTS) is 1. The molecule has 0 aliphatic carbocycles. The van der Waals surface area contributed by atoms with Gasteiger partial charge in [0.25, 0.3) is 0 Å². The molecule has 98 valence electrons. The number of carbonyl (C=O) groups is 1. The second kappa shape index (κ2) is 5.58. The molecule has 0 heterocycles. The molecule has 0 aliphatic rings. The lowest BCUT2D eigenvalue weighted by molar-refractivity contribution is -0.138. The Morgan fingerprint density at radius 2 is 2.00 bits per heavy atom. The van der Waals surface area contributed by atoms with Crippen LogP contribution < -0.4 is 0 Å². The van der Waals surface area contributed by atoms with E-state index < -0.39 is 15.8 Å². The second-order valence-electron chi connectivity index (χ2n) is 3.64. The monoisotopic (exact) mass is 271 g/mol. The fraction of sp³-hybridized carbons (Fsp3) is 0.300. The lowest BCUT2D eigenvalue weighted by Gasteiger charge is -2.07. The van der Waals surface area contributed by atoms with E-state index in [-0.39, 0.29) is 17.1 Å². The van der Waals surface area contributed by atoms with Gasteiger partial charge in [-0.2, -0.15) is 0 Å². The molecule has 1 aromatic carbocycles. The molecule has 0 saturated carbocycles. The molecule has 0 bridgehead atoms. The van der Waals surface area contributed by atoms with Crippen molar-refractivity contribution in [3.05, 3.63) is 24.3 Å². The molecule has 18 heavy (non-hydrogen) atoms. The number of hydrogen-bond donors (Lipinski definition) is 1. The number of aliphatic carboxylic acids is 1. The fourth-order valence-electron chi connectivity index (χ4n) is 1.21. The summed E-state index contributed by atoms with van der Waals surface area (Å²) < 4.78 is 22.9. The Kier molecular flexibility index (Phi) is 4.38. The minimum atomic E-state index is -3.39. The van der Waals surface area contributed by atoms with Crippen molar-refractivity contribution in [3.8, 4) is 0 Å². The van der Waals surface area contributed by atoms with Crippen LogP contribution in [0.2, 0.25) is 0 Å². The first kappa shape index (κ1) is 14.1. The van der Waals surface area contributed by atoms with Gasteiger partial charge in [0, 0.05) is 13.3 Å². The van der Waals surface area contributed by atoms with Crippen LogP contribution in [-0.2, 0) is 14.6 Å². The molecule has 1 rings (SSSR count). The van der Waals surface area contributed by atoms with Crippen LogP contribution in [0.1, 0.15) is 0 Å². The molecule has 0 saturated heterocycles. The van der Waals surface area contributed by atoms with E-state index in [0.717, 1.165) is 11.3 Å². The predicted octanol–water partition coefficient (Wildman–Crippen LogP) is 1.11. The molecule has 0 radical (unpaired) electrons. The van der Waals surface area contributed by atoms with Gasteiger partial charge in [0.15, 0.2) is 9.84 Å². The lowest BCUT2D eigenvalue weighted by Crippen LogP contribution is -2.19. The van der Waals surface area contributed by atoms with E-state index in [4.69, 9.17) is 5.11 Å². The van der Waals surface area contributed by atoms with Gasteiger partial charge in [0.2, 0.25) is 0 Å². The van der Waals surface area contributed by atoms with Crippen molar-refractivity contribution in [1.82, 2.24) is 5.01 Å². The number of likely N-dealkylation sites (N-methyl/N-ethyl adjacent to an activating group) is 1. The topological polar surface area (TPSA) is 99.4 Å². The van der Waals surface area contributed by atoms with Crippen molar-refractivity contribution in [1.29, 1.82) is 0 Å². The standard InChI is InChI=1S/C10H13N3O4S/c1-13(7-10(14)15)12-11-8-5-3-4-6-9(8)18(2,16)17/h3-6H,7H2,1-2H3,(H,14,15). The highest BCUT2D eigenvalue weighted by Crippen LogP contribution is 2.23. The molecular formula is C10H13N3O4S. The summed E-state index contributed by atoms with van der Waals surface area (Å²) in [7, 11) is -1.96. The van der Waals surface area contributed by atoms with Crippen molar-refractivity contribution < 1.29 is 18.3 Å². The van der Waals surface area contributed by atoms with Gasteiger partial charge < -0.3 is 5.11 Å². The van der Waals surface area contributed by atoms with Crippen molar-refractivity contribution in [2.45, 2.75) is 4.90 Å². The van der Waals surface area contributed by atoms with Gasteiger partial charge in [-0.05, 0) is 12.1 Å². The highest BCUT2D eigenvalue weighted by molar-refractivity contribution is 7.90. The van der Waals surface area contributed by atoms with Gasteiger partial charge in [-0.1, -0.05) is 17.4 Å². The van der Waals surface area contributed by atoms with Gasteiger partial charge >= 0.3 is 5.97 Å². The SMILES string of the molecule is CN(CC(=O)O)N=Nc1ccccc1S(C)(=O)=O. The summed E-state index contributed by atoms with van der Waals surface area (Å²) in [5.74, 6) is -1.05. The summed E-state index contributed by atoms with van der Waals surface area (Å²) in [5, 5.41) is 17.0. The maximum absolute atomic E-state index is 11.5. The van der Waals surface area contributed by atoms with Crippen LogP contribution in [0, 0.1) is 0 Å². The van der Waals surface area contributed by atoms with E-state index in [2.05, 4.69) is 10.3 Å². The zero-order valence-corrected chi connectivity index (χ0v) is 10.8. The maximum atomic E-state index is 11.5. The zero-order valence-electron chi connectivity index (χ0n) is 9.94. The van der Waals surface area contributed by atoms with Gasteiger partial charge in [0.1, 0.15) is 12.2 Å². The van der Waals surface area contributed by atoms with Crippen molar-refractivity contribution in [2.75, 3.05) is 19.8 Å². The van der Waals surface area contributed by atoms with Crippen LogP contribution in [-0.4, -0.2) is 44.4 Å². The smallest absolute Gasteiger partial charge is 0.324 e. The Balaban J connectivity index is 2.98. The van der Waals surface area contributed by atoms with Gasteiger partial charge in [-0.25, -0.2) is 8.42 Å². The number of rotatable bonds is 5. The Bertz CT molecular complexity index is 568. The van der Waals surface area contributed by atoms with Crippen LogP contribution >= 0.6 is 0 Å². The maximum Gasteiger partial charge on any atom is 0.324 e. The summed E-state index contributed by atoms with van der Waals surface area (Å²) >= 11 is 0. The van der Waals surface area contributed by atoms with Crippen LogP contribution in [0.5, 0.6) is 0 Å². The Hall–Kier alpha value is -1.96. The average molecular weight is 271 g/mol. The van der Waals surface area contributed by atoms with Gasteiger partial charge in [-0.15, -0.1) is 5.11 Å². The first-order valence-corrected chi connectivity index (χ1v) is 6.83. The summed E-state index contributed by atoms with van der Waals surface area (Å²) in [6, 6.07) is 6.12. The Morgan fingerprint density at radius 3 is 2.56 bits per heavy atom. The van der Waals surface area contributed by atoms with Crippen LogP contribution in [0.25, 0.3) is 0 Å².